The molecule has 0 aliphatic carbocycles. The largest absolute Gasteiger partial charge is 0.407 e. The van der Waals surface area contributed by atoms with Gasteiger partial charge < -0.3 is 9.22 Å². The first-order valence-corrected chi connectivity index (χ1v) is 11.9. The first-order valence-electron chi connectivity index (χ1n) is 10.0. The molecule has 0 saturated carbocycles. The molecule has 0 spiro atoms. The SMILES string of the molecule is C[C@H](CCO[Si](c1ccccc1)(c1ccccc1)C(C)(C)C)C[C@H](C)C=O. The normalized spacial score (nSPS) is 14.6. The molecule has 0 amide bonds. The fourth-order valence-corrected chi connectivity index (χ4v) is 8.56. The van der Waals surface area contributed by atoms with Crippen LogP contribution in [0, 0.1) is 11.8 Å². The van der Waals surface area contributed by atoms with Gasteiger partial charge in [0, 0.05) is 12.5 Å². The first kappa shape index (κ1) is 21.6. The molecule has 0 aliphatic rings. The number of hydrogen-bond acceptors (Lipinski definition) is 2. The van der Waals surface area contributed by atoms with Crippen LogP contribution in [0.1, 0.15) is 47.5 Å². The predicted molar refractivity (Wildman–Crippen MR) is 117 cm³/mol. The van der Waals surface area contributed by atoms with E-state index >= 15 is 0 Å². The van der Waals surface area contributed by atoms with Gasteiger partial charge in [0.15, 0.2) is 0 Å². The van der Waals surface area contributed by atoms with Crippen LogP contribution in [0.3, 0.4) is 0 Å². The van der Waals surface area contributed by atoms with Crippen LogP contribution in [0.25, 0.3) is 0 Å². The minimum Gasteiger partial charge on any atom is -0.407 e. The summed E-state index contributed by atoms with van der Waals surface area (Å²) in [6.45, 7) is 11.8. The standard InChI is InChI=1S/C24H34O2Si/c1-20(18-21(2)19-25)16-17-26-27(24(3,4)5,22-12-8-6-9-13-22)23-14-10-7-11-15-23/h6-15,19-21H,16-18H2,1-5H3/t20-,21+/m1/s1. The third-order valence-electron chi connectivity index (χ3n) is 5.35. The van der Waals surface area contributed by atoms with Gasteiger partial charge in [0.25, 0.3) is 8.32 Å². The van der Waals surface area contributed by atoms with E-state index in [0.717, 1.165) is 25.7 Å². The van der Waals surface area contributed by atoms with Gasteiger partial charge in [0.05, 0.1) is 0 Å². The van der Waals surface area contributed by atoms with Crippen molar-refractivity contribution in [2.45, 2.75) is 52.5 Å². The zero-order chi connectivity index (χ0) is 19.9. The molecule has 27 heavy (non-hydrogen) atoms. The van der Waals surface area contributed by atoms with Crippen LogP contribution in [-0.2, 0) is 9.22 Å². The van der Waals surface area contributed by atoms with Gasteiger partial charge in [-0.25, -0.2) is 0 Å². The second kappa shape index (κ2) is 9.47. The number of carbonyl (C=O) groups is 1. The third-order valence-corrected chi connectivity index (χ3v) is 10.4. The smallest absolute Gasteiger partial charge is 0.261 e. The molecule has 0 aliphatic heterocycles. The Morgan fingerprint density at radius 1 is 0.926 bits per heavy atom. The zero-order valence-electron chi connectivity index (χ0n) is 17.4. The molecular weight excluding hydrogens is 348 g/mol. The van der Waals surface area contributed by atoms with Gasteiger partial charge in [-0.1, -0.05) is 95.3 Å². The quantitative estimate of drug-likeness (QED) is 0.459. The summed E-state index contributed by atoms with van der Waals surface area (Å²) in [4.78, 5) is 11.0. The first-order chi connectivity index (χ1) is 12.8. The zero-order valence-corrected chi connectivity index (χ0v) is 18.4. The molecule has 0 fully saturated rings. The van der Waals surface area contributed by atoms with Crippen molar-refractivity contribution in [1.29, 1.82) is 0 Å². The highest BCUT2D eigenvalue weighted by Gasteiger charge is 2.49. The summed E-state index contributed by atoms with van der Waals surface area (Å²) in [6, 6.07) is 21.5. The van der Waals surface area contributed by atoms with Crippen LogP contribution in [0.2, 0.25) is 5.04 Å². The second-order valence-corrected chi connectivity index (χ2v) is 13.1. The molecule has 0 saturated heterocycles. The Labute approximate surface area is 166 Å². The van der Waals surface area contributed by atoms with E-state index < -0.39 is 8.32 Å². The molecule has 0 unspecified atom stereocenters. The Balaban J connectivity index is 2.34. The van der Waals surface area contributed by atoms with Crippen LogP contribution in [0.15, 0.2) is 60.7 Å². The van der Waals surface area contributed by atoms with Crippen molar-refractivity contribution in [3.8, 4) is 0 Å². The lowest BCUT2D eigenvalue weighted by atomic mass is 9.96. The number of rotatable bonds is 9. The summed E-state index contributed by atoms with van der Waals surface area (Å²) >= 11 is 0. The van der Waals surface area contributed by atoms with Gasteiger partial charge in [-0.3, -0.25) is 0 Å². The van der Waals surface area contributed by atoms with E-state index in [0.29, 0.717) is 5.92 Å². The molecule has 2 aromatic carbocycles. The average molecular weight is 383 g/mol. The monoisotopic (exact) mass is 382 g/mol. The Hall–Kier alpha value is -1.71. The van der Waals surface area contributed by atoms with Crippen LogP contribution in [-0.4, -0.2) is 21.2 Å². The molecule has 3 heteroatoms. The van der Waals surface area contributed by atoms with Crippen LogP contribution in [0.5, 0.6) is 0 Å². The van der Waals surface area contributed by atoms with Crippen molar-refractivity contribution >= 4 is 25.0 Å². The fourth-order valence-electron chi connectivity index (χ4n) is 3.98. The molecule has 0 bridgehead atoms. The molecule has 2 rings (SSSR count). The molecule has 2 aromatic rings. The average Bonchev–Trinajstić information content (AvgIpc) is 2.65. The van der Waals surface area contributed by atoms with Crippen molar-refractivity contribution < 1.29 is 9.22 Å². The maximum atomic E-state index is 11.0. The topological polar surface area (TPSA) is 26.3 Å². The van der Waals surface area contributed by atoms with Gasteiger partial charge in [-0.05, 0) is 34.2 Å². The van der Waals surface area contributed by atoms with Gasteiger partial charge in [-0.15, -0.1) is 0 Å². The number of carbonyl (C=O) groups excluding carboxylic acids is 1. The Bertz CT molecular complexity index is 652. The lowest BCUT2D eigenvalue weighted by Gasteiger charge is -2.43. The maximum absolute atomic E-state index is 11.0. The molecular formula is C24H34O2Si. The summed E-state index contributed by atoms with van der Waals surface area (Å²) in [5.41, 5.74) is 0. The summed E-state index contributed by atoms with van der Waals surface area (Å²) in [5.74, 6) is 0.594. The van der Waals surface area contributed by atoms with Gasteiger partial charge in [0.1, 0.15) is 6.29 Å². The van der Waals surface area contributed by atoms with E-state index in [4.69, 9.17) is 4.43 Å². The van der Waals surface area contributed by atoms with Crippen molar-refractivity contribution in [1.82, 2.24) is 0 Å². The molecule has 0 N–H and O–H groups in total. The Morgan fingerprint density at radius 2 is 1.41 bits per heavy atom. The molecule has 146 valence electrons. The van der Waals surface area contributed by atoms with Gasteiger partial charge in [0.2, 0.25) is 0 Å². The van der Waals surface area contributed by atoms with Gasteiger partial charge in [-0.2, -0.15) is 0 Å². The summed E-state index contributed by atoms with van der Waals surface area (Å²) in [6.07, 6.45) is 2.95. The van der Waals surface area contributed by atoms with Crippen molar-refractivity contribution in [2.24, 2.45) is 11.8 Å². The van der Waals surface area contributed by atoms with E-state index in [2.05, 4.69) is 88.4 Å². The Kier molecular flexibility index (Phi) is 7.57. The summed E-state index contributed by atoms with van der Waals surface area (Å²) < 4.78 is 6.90. The van der Waals surface area contributed by atoms with Crippen molar-refractivity contribution in [3.63, 3.8) is 0 Å². The Morgan fingerprint density at radius 3 is 1.81 bits per heavy atom. The van der Waals surface area contributed by atoms with Crippen molar-refractivity contribution in [3.05, 3.63) is 60.7 Å². The third kappa shape index (κ3) is 5.17. The minimum absolute atomic E-state index is 0.00896. The molecule has 0 heterocycles. The van der Waals surface area contributed by atoms with Crippen LogP contribution < -0.4 is 10.4 Å². The lowest BCUT2D eigenvalue weighted by Crippen LogP contribution is -2.66. The second-order valence-electron chi connectivity index (χ2n) is 8.75. The van der Waals surface area contributed by atoms with E-state index in [1.807, 2.05) is 6.92 Å². The number of hydrogen-bond donors (Lipinski definition) is 0. The molecule has 0 radical (unpaired) electrons. The van der Waals surface area contributed by atoms with E-state index in [1.54, 1.807) is 0 Å². The van der Waals surface area contributed by atoms with E-state index in [1.165, 1.54) is 10.4 Å². The van der Waals surface area contributed by atoms with E-state index in [9.17, 15) is 4.79 Å². The highest BCUT2D eigenvalue weighted by atomic mass is 28.4. The molecule has 2 atom stereocenters. The lowest BCUT2D eigenvalue weighted by molar-refractivity contribution is -0.111. The van der Waals surface area contributed by atoms with E-state index in [-0.39, 0.29) is 11.0 Å². The highest BCUT2D eigenvalue weighted by molar-refractivity contribution is 6.99. The molecule has 0 aromatic heterocycles. The maximum Gasteiger partial charge on any atom is 0.261 e. The van der Waals surface area contributed by atoms with Crippen LogP contribution >= 0.6 is 0 Å². The highest BCUT2D eigenvalue weighted by Crippen LogP contribution is 2.37. The number of aldehydes is 1. The number of benzene rings is 2. The summed E-state index contributed by atoms with van der Waals surface area (Å²) in [7, 11) is -2.43. The fraction of sp³-hybridized carbons (Fsp3) is 0.458. The predicted octanol–water partition coefficient (Wildman–Crippen LogP) is 4.81. The van der Waals surface area contributed by atoms with Gasteiger partial charge >= 0.3 is 0 Å². The van der Waals surface area contributed by atoms with Crippen molar-refractivity contribution in [2.75, 3.05) is 6.61 Å². The minimum atomic E-state index is -2.43. The molecule has 2 nitrogen and oxygen atoms in total. The van der Waals surface area contributed by atoms with Crippen LogP contribution in [0.4, 0.5) is 0 Å². The summed E-state index contributed by atoms with van der Waals surface area (Å²) in [5, 5.41) is 2.64.